The number of amides is 4. The summed E-state index contributed by atoms with van der Waals surface area (Å²) in [6.45, 7) is 0.396. The van der Waals surface area contributed by atoms with Crippen LogP contribution in [-0.2, 0) is 30.4 Å². The minimum atomic E-state index is -1.25. The average Bonchev–Trinajstić information content (AvgIpc) is 2.81. The lowest BCUT2D eigenvalue weighted by molar-refractivity contribution is -0.142. The van der Waals surface area contributed by atoms with Gasteiger partial charge in [-0.2, -0.15) is 12.6 Å². The van der Waals surface area contributed by atoms with E-state index in [4.69, 9.17) is 17.2 Å². The molecule has 1 rings (SSSR count). The first-order valence-electron chi connectivity index (χ1n) is 11.1. The second-order valence-corrected chi connectivity index (χ2v) is 8.32. The Bertz CT molecular complexity index is 871. The van der Waals surface area contributed by atoms with Crippen LogP contribution < -0.4 is 33.2 Å². The van der Waals surface area contributed by atoms with E-state index in [1.807, 2.05) is 0 Å². The van der Waals surface area contributed by atoms with E-state index >= 15 is 0 Å². The highest BCUT2D eigenvalue weighted by Gasteiger charge is 2.30. The molecule has 0 radical (unpaired) electrons. The van der Waals surface area contributed by atoms with Crippen molar-refractivity contribution in [2.45, 2.75) is 56.3 Å². The second kappa shape index (κ2) is 15.7. The molecule has 1 aromatic carbocycles. The van der Waals surface area contributed by atoms with E-state index in [0.29, 0.717) is 19.4 Å². The van der Waals surface area contributed by atoms with Crippen molar-refractivity contribution in [3.8, 4) is 0 Å². The van der Waals surface area contributed by atoms with Gasteiger partial charge in [-0.1, -0.05) is 30.3 Å². The summed E-state index contributed by atoms with van der Waals surface area (Å²) in [5.41, 5.74) is 16.8. The fraction of sp³-hybridized carbons (Fsp3) is 0.500. The van der Waals surface area contributed by atoms with Crippen LogP contribution in [0.25, 0.3) is 0 Å². The third-order valence-corrected chi connectivity index (χ3v) is 5.42. The lowest BCUT2D eigenvalue weighted by atomic mass is 10.0. The number of hydrogen-bond donors (Lipinski definition) is 8. The van der Waals surface area contributed by atoms with Gasteiger partial charge in [0.1, 0.15) is 18.1 Å². The smallest absolute Gasteiger partial charge is 0.326 e. The van der Waals surface area contributed by atoms with Gasteiger partial charge in [0.15, 0.2) is 0 Å². The molecule has 0 heterocycles. The average molecular weight is 511 g/mol. The molecular weight excluding hydrogens is 476 g/mol. The van der Waals surface area contributed by atoms with Crippen LogP contribution in [0.1, 0.15) is 31.2 Å². The highest BCUT2D eigenvalue weighted by Crippen LogP contribution is 2.07. The number of nitrogens with one attached hydrogen (secondary N) is 3. The van der Waals surface area contributed by atoms with Crippen molar-refractivity contribution < 1.29 is 29.1 Å². The van der Waals surface area contributed by atoms with Crippen molar-refractivity contribution in [1.82, 2.24) is 16.0 Å². The molecule has 0 saturated heterocycles. The normalized spacial score (nSPS) is 14.1. The summed E-state index contributed by atoms with van der Waals surface area (Å²) in [6.07, 6.45) is 0.944. The van der Waals surface area contributed by atoms with Gasteiger partial charge >= 0.3 is 5.97 Å². The summed E-state index contributed by atoms with van der Waals surface area (Å²) in [4.78, 5) is 60.7. The van der Waals surface area contributed by atoms with Crippen molar-refractivity contribution in [1.29, 1.82) is 0 Å². The van der Waals surface area contributed by atoms with E-state index < -0.39 is 60.2 Å². The van der Waals surface area contributed by atoms with E-state index in [2.05, 4.69) is 28.6 Å². The molecule has 0 bridgehead atoms. The Hall–Kier alpha value is -3.16. The summed E-state index contributed by atoms with van der Waals surface area (Å²) in [6, 6.07) is 4.09. The number of carbonyl (C=O) groups is 5. The Balaban J connectivity index is 2.98. The first-order valence-corrected chi connectivity index (χ1v) is 11.7. The zero-order chi connectivity index (χ0) is 26.4. The number of thiol groups is 1. The van der Waals surface area contributed by atoms with Crippen molar-refractivity contribution in [3.05, 3.63) is 35.9 Å². The van der Waals surface area contributed by atoms with Crippen LogP contribution in [-0.4, -0.2) is 71.2 Å². The molecule has 1 aromatic rings. The second-order valence-electron chi connectivity index (χ2n) is 7.96. The molecule has 0 saturated carbocycles. The van der Waals surface area contributed by atoms with E-state index in [0.717, 1.165) is 5.56 Å². The van der Waals surface area contributed by atoms with Gasteiger partial charge in [0.2, 0.25) is 23.6 Å². The number of hydrogen-bond acceptors (Lipinski definition) is 8. The van der Waals surface area contributed by atoms with Crippen molar-refractivity contribution in [2.75, 3.05) is 12.3 Å². The summed E-state index contributed by atoms with van der Waals surface area (Å²) in [5.74, 6) is -4.32. The van der Waals surface area contributed by atoms with E-state index in [9.17, 15) is 29.1 Å². The summed E-state index contributed by atoms with van der Waals surface area (Å²) >= 11 is 4.07. The minimum Gasteiger partial charge on any atom is -0.480 e. The van der Waals surface area contributed by atoms with Gasteiger partial charge in [-0.05, 0) is 31.4 Å². The molecule has 4 amide bonds. The first kappa shape index (κ1) is 29.9. The molecule has 4 unspecified atom stereocenters. The molecule has 194 valence electrons. The maximum absolute atomic E-state index is 13.0. The molecule has 0 aliphatic heterocycles. The van der Waals surface area contributed by atoms with Gasteiger partial charge in [-0.3, -0.25) is 19.2 Å². The Morgan fingerprint density at radius 1 is 0.886 bits per heavy atom. The number of aliphatic carboxylic acids is 1. The Morgan fingerprint density at radius 3 is 2.00 bits per heavy atom. The number of carboxylic acids is 1. The number of benzene rings is 1. The van der Waals surface area contributed by atoms with Crippen molar-refractivity contribution in [2.24, 2.45) is 17.2 Å². The van der Waals surface area contributed by atoms with Crippen LogP contribution in [0.15, 0.2) is 30.3 Å². The van der Waals surface area contributed by atoms with Gasteiger partial charge in [-0.15, -0.1) is 0 Å². The predicted molar refractivity (Wildman–Crippen MR) is 132 cm³/mol. The zero-order valence-electron chi connectivity index (χ0n) is 19.3. The minimum absolute atomic E-state index is 0.0714. The number of unbranched alkanes of at least 4 members (excludes halogenated alkanes) is 1. The SMILES string of the molecule is NCCCCC(NC(=O)C(Cc1ccccc1)NC(=O)C(CS)NC(=O)C(N)CC(N)=O)C(=O)O. The van der Waals surface area contributed by atoms with Gasteiger partial charge in [0.05, 0.1) is 12.5 Å². The molecule has 12 nitrogen and oxygen atoms in total. The van der Waals surface area contributed by atoms with E-state index in [-0.39, 0.29) is 18.6 Å². The fourth-order valence-electron chi connectivity index (χ4n) is 3.14. The molecule has 13 heteroatoms. The van der Waals surface area contributed by atoms with E-state index in [1.54, 1.807) is 30.3 Å². The maximum atomic E-state index is 13.0. The quantitative estimate of drug-likeness (QED) is 0.0918. The first-order chi connectivity index (χ1) is 16.6. The number of primary amides is 1. The molecule has 0 aliphatic carbocycles. The predicted octanol–water partition coefficient (Wildman–Crippen LogP) is -1.97. The Labute approximate surface area is 209 Å². The standard InChI is InChI=1S/C22H34N6O6S/c23-9-5-4-8-15(22(33)34)26-20(31)16(10-13-6-2-1-3-7-13)27-21(32)17(12-35)28-19(30)14(24)11-18(25)29/h1-3,6-7,14-17,35H,4-5,8-12,23-24H2,(H2,25,29)(H,26,31)(H,27,32)(H,28,30)(H,33,34). The van der Waals surface area contributed by atoms with Crippen LogP contribution in [0.3, 0.4) is 0 Å². The Kier molecular flexibility index (Phi) is 13.4. The molecule has 0 aliphatic rings. The monoisotopic (exact) mass is 510 g/mol. The number of carboxylic acid groups (broad SMARTS) is 1. The largest absolute Gasteiger partial charge is 0.480 e. The fourth-order valence-corrected chi connectivity index (χ4v) is 3.39. The molecule has 35 heavy (non-hydrogen) atoms. The topological polar surface area (TPSA) is 220 Å². The number of rotatable bonds is 16. The number of nitrogens with two attached hydrogens (primary N) is 3. The highest BCUT2D eigenvalue weighted by atomic mass is 32.1. The molecule has 4 atom stereocenters. The summed E-state index contributed by atoms with van der Waals surface area (Å²) in [7, 11) is 0. The molecular formula is C22H34N6O6S. The maximum Gasteiger partial charge on any atom is 0.326 e. The highest BCUT2D eigenvalue weighted by molar-refractivity contribution is 7.80. The molecule has 0 aromatic heterocycles. The van der Waals surface area contributed by atoms with Crippen molar-refractivity contribution in [3.63, 3.8) is 0 Å². The van der Waals surface area contributed by atoms with Crippen LogP contribution >= 0.6 is 12.6 Å². The van der Waals surface area contributed by atoms with Crippen LogP contribution in [0.4, 0.5) is 0 Å². The van der Waals surface area contributed by atoms with Crippen molar-refractivity contribution >= 4 is 42.2 Å². The third-order valence-electron chi connectivity index (χ3n) is 5.05. The molecule has 0 fully saturated rings. The van der Waals surface area contributed by atoms with Gasteiger partial charge < -0.3 is 38.3 Å². The summed E-state index contributed by atoms with van der Waals surface area (Å²) in [5, 5.41) is 16.9. The van der Waals surface area contributed by atoms with Crippen LogP contribution in [0, 0.1) is 0 Å². The summed E-state index contributed by atoms with van der Waals surface area (Å²) < 4.78 is 0. The van der Waals surface area contributed by atoms with Gasteiger partial charge in [0.25, 0.3) is 0 Å². The lowest BCUT2D eigenvalue weighted by Gasteiger charge is -2.24. The lowest BCUT2D eigenvalue weighted by Crippen LogP contribution is -2.58. The van der Waals surface area contributed by atoms with E-state index in [1.165, 1.54) is 0 Å². The van der Waals surface area contributed by atoms with Gasteiger partial charge in [-0.25, -0.2) is 4.79 Å². The van der Waals surface area contributed by atoms with Crippen LogP contribution in [0.5, 0.6) is 0 Å². The molecule has 10 N–H and O–H groups in total. The third kappa shape index (κ3) is 11.2. The Morgan fingerprint density at radius 2 is 1.46 bits per heavy atom. The molecule has 0 spiro atoms. The zero-order valence-corrected chi connectivity index (χ0v) is 20.2. The van der Waals surface area contributed by atoms with Gasteiger partial charge in [0, 0.05) is 12.2 Å². The van der Waals surface area contributed by atoms with Crippen LogP contribution in [0.2, 0.25) is 0 Å². The number of carbonyl (C=O) groups excluding carboxylic acids is 4.